The number of carbonyl (C=O) groups is 1. The molecule has 3 nitrogen and oxygen atoms in total. The van der Waals surface area contributed by atoms with E-state index in [2.05, 4.69) is 9.72 Å². The van der Waals surface area contributed by atoms with E-state index in [0.29, 0.717) is 0 Å². The summed E-state index contributed by atoms with van der Waals surface area (Å²) in [5.41, 5.74) is 0.114. The molecule has 0 aromatic carbocycles. The van der Waals surface area contributed by atoms with Crippen molar-refractivity contribution in [2.75, 3.05) is 7.11 Å². The Morgan fingerprint density at radius 1 is 1.69 bits per heavy atom. The molecule has 0 saturated carbocycles. The third-order valence-corrected chi connectivity index (χ3v) is 1.83. The second-order valence-electron chi connectivity index (χ2n) is 2.33. The molecule has 0 N–H and O–H groups in total. The molecule has 1 heterocycles. The van der Waals surface area contributed by atoms with Crippen LogP contribution in [0.1, 0.15) is 5.56 Å². The number of aromatic nitrogens is 1. The van der Waals surface area contributed by atoms with Crippen LogP contribution in [0.2, 0.25) is 5.02 Å². The van der Waals surface area contributed by atoms with Crippen molar-refractivity contribution in [3.8, 4) is 0 Å². The standard InChI is InChI=1S/C8H7ClFNO2/c1-13-8(12)2-5-6(9)3-11-4-7(5)10/h3-4H,2H2,1H3. The molecule has 0 aliphatic carbocycles. The molecular weight excluding hydrogens is 197 g/mol. The second-order valence-corrected chi connectivity index (χ2v) is 2.74. The fraction of sp³-hybridized carbons (Fsp3) is 0.250. The number of ether oxygens (including phenoxy) is 1. The normalized spacial score (nSPS) is 9.77. The van der Waals surface area contributed by atoms with Crippen LogP contribution in [0.4, 0.5) is 4.39 Å². The number of hydrogen-bond donors (Lipinski definition) is 0. The molecule has 0 bridgehead atoms. The summed E-state index contributed by atoms with van der Waals surface area (Å²) in [6.45, 7) is 0. The molecule has 70 valence electrons. The summed E-state index contributed by atoms with van der Waals surface area (Å²) in [7, 11) is 1.23. The lowest BCUT2D eigenvalue weighted by molar-refractivity contribution is -0.139. The maximum atomic E-state index is 13.0. The number of pyridine rings is 1. The van der Waals surface area contributed by atoms with Crippen LogP contribution in [0.15, 0.2) is 12.4 Å². The van der Waals surface area contributed by atoms with Gasteiger partial charge in [0.1, 0.15) is 5.82 Å². The maximum Gasteiger partial charge on any atom is 0.310 e. The molecular formula is C8H7ClFNO2. The minimum atomic E-state index is -0.599. The molecule has 0 aliphatic heterocycles. The third kappa shape index (κ3) is 2.39. The minimum Gasteiger partial charge on any atom is -0.469 e. The zero-order valence-electron chi connectivity index (χ0n) is 6.88. The van der Waals surface area contributed by atoms with Crippen molar-refractivity contribution in [2.45, 2.75) is 6.42 Å². The average Bonchev–Trinajstić information content (AvgIpc) is 2.11. The summed E-state index contributed by atoms with van der Waals surface area (Å²) < 4.78 is 17.4. The molecule has 0 atom stereocenters. The summed E-state index contributed by atoms with van der Waals surface area (Å²) in [4.78, 5) is 14.3. The molecule has 13 heavy (non-hydrogen) atoms. The van der Waals surface area contributed by atoms with Gasteiger partial charge in [-0.15, -0.1) is 0 Å². The van der Waals surface area contributed by atoms with Crippen molar-refractivity contribution in [1.29, 1.82) is 0 Å². The van der Waals surface area contributed by atoms with Gasteiger partial charge in [0.25, 0.3) is 0 Å². The van der Waals surface area contributed by atoms with Gasteiger partial charge in [0.05, 0.1) is 24.8 Å². The van der Waals surface area contributed by atoms with Crippen molar-refractivity contribution >= 4 is 17.6 Å². The topological polar surface area (TPSA) is 39.2 Å². The first-order chi connectivity index (χ1) is 6.15. The Morgan fingerprint density at radius 3 is 2.92 bits per heavy atom. The van der Waals surface area contributed by atoms with Crippen molar-refractivity contribution in [3.05, 3.63) is 28.8 Å². The Morgan fingerprint density at radius 2 is 2.38 bits per heavy atom. The van der Waals surface area contributed by atoms with E-state index in [9.17, 15) is 9.18 Å². The molecule has 0 unspecified atom stereocenters. The van der Waals surface area contributed by atoms with Crippen LogP contribution >= 0.6 is 11.6 Å². The van der Waals surface area contributed by atoms with Crippen molar-refractivity contribution in [1.82, 2.24) is 4.98 Å². The molecule has 1 aromatic heterocycles. The predicted molar refractivity (Wildman–Crippen MR) is 44.9 cm³/mol. The minimum absolute atomic E-state index is 0.114. The lowest BCUT2D eigenvalue weighted by atomic mass is 10.2. The lowest BCUT2D eigenvalue weighted by Gasteiger charge is -2.02. The van der Waals surface area contributed by atoms with Gasteiger partial charge >= 0.3 is 5.97 Å². The van der Waals surface area contributed by atoms with Gasteiger partial charge in [-0.2, -0.15) is 0 Å². The maximum absolute atomic E-state index is 13.0. The first kappa shape index (κ1) is 9.92. The fourth-order valence-corrected chi connectivity index (χ4v) is 1.04. The van der Waals surface area contributed by atoms with Gasteiger partial charge in [-0.1, -0.05) is 11.6 Å². The lowest BCUT2D eigenvalue weighted by Crippen LogP contribution is -2.07. The number of methoxy groups -OCH3 is 1. The molecule has 0 saturated heterocycles. The van der Waals surface area contributed by atoms with E-state index in [-0.39, 0.29) is 17.0 Å². The van der Waals surface area contributed by atoms with E-state index in [0.717, 1.165) is 6.20 Å². The highest BCUT2D eigenvalue weighted by molar-refractivity contribution is 6.31. The quantitative estimate of drug-likeness (QED) is 0.686. The Hall–Kier alpha value is -1.16. The Balaban J connectivity index is 2.93. The van der Waals surface area contributed by atoms with E-state index in [4.69, 9.17) is 11.6 Å². The van der Waals surface area contributed by atoms with E-state index in [1.165, 1.54) is 13.3 Å². The first-order valence-corrected chi connectivity index (χ1v) is 3.87. The van der Waals surface area contributed by atoms with Gasteiger partial charge in [-0.05, 0) is 0 Å². The predicted octanol–water partition coefficient (Wildman–Crippen LogP) is 1.59. The van der Waals surface area contributed by atoms with Crippen LogP contribution in [0.5, 0.6) is 0 Å². The largest absolute Gasteiger partial charge is 0.469 e. The van der Waals surface area contributed by atoms with Gasteiger partial charge in [0.2, 0.25) is 0 Å². The number of rotatable bonds is 2. The van der Waals surface area contributed by atoms with Gasteiger partial charge in [0, 0.05) is 11.8 Å². The zero-order chi connectivity index (χ0) is 9.84. The summed E-state index contributed by atoms with van der Waals surface area (Å²) in [6.07, 6.45) is 2.11. The molecule has 5 heteroatoms. The van der Waals surface area contributed by atoms with Crippen LogP contribution in [0.25, 0.3) is 0 Å². The number of halogens is 2. The summed E-state index contributed by atoms with van der Waals surface area (Å²) in [5, 5.41) is 0.130. The highest BCUT2D eigenvalue weighted by atomic mass is 35.5. The van der Waals surface area contributed by atoms with Crippen molar-refractivity contribution in [3.63, 3.8) is 0 Å². The van der Waals surface area contributed by atoms with Gasteiger partial charge in [0.15, 0.2) is 0 Å². The van der Waals surface area contributed by atoms with Crippen LogP contribution in [-0.4, -0.2) is 18.1 Å². The summed E-state index contributed by atoms with van der Waals surface area (Å²) in [6, 6.07) is 0. The van der Waals surface area contributed by atoms with Crippen LogP contribution in [-0.2, 0) is 16.0 Å². The average molecular weight is 204 g/mol. The van der Waals surface area contributed by atoms with Crippen molar-refractivity contribution < 1.29 is 13.9 Å². The fourth-order valence-electron chi connectivity index (χ4n) is 0.823. The Bertz CT molecular complexity index is 310. The number of carbonyl (C=O) groups excluding carboxylic acids is 1. The van der Waals surface area contributed by atoms with E-state index in [1.54, 1.807) is 0 Å². The highest BCUT2D eigenvalue weighted by Gasteiger charge is 2.12. The monoisotopic (exact) mass is 203 g/mol. The number of esters is 1. The van der Waals surface area contributed by atoms with E-state index in [1.807, 2.05) is 0 Å². The number of nitrogens with zero attached hydrogens (tertiary/aromatic N) is 1. The molecule has 0 aliphatic rings. The van der Waals surface area contributed by atoms with E-state index >= 15 is 0 Å². The molecule has 1 aromatic rings. The smallest absolute Gasteiger partial charge is 0.310 e. The number of hydrogen-bond acceptors (Lipinski definition) is 3. The van der Waals surface area contributed by atoms with Crippen LogP contribution < -0.4 is 0 Å². The molecule has 1 rings (SSSR count). The van der Waals surface area contributed by atoms with Gasteiger partial charge in [-0.3, -0.25) is 9.78 Å². The van der Waals surface area contributed by atoms with Crippen molar-refractivity contribution in [2.24, 2.45) is 0 Å². The van der Waals surface area contributed by atoms with E-state index < -0.39 is 11.8 Å². The third-order valence-electron chi connectivity index (χ3n) is 1.50. The Labute approximate surface area is 79.5 Å². The van der Waals surface area contributed by atoms with Crippen LogP contribution in [0.3, 0.4) is 0 Å². The van der Waals surface area contributed by atoms with Gasteiger partial charge < -0.3 is 4.74 Å². The SMILES string of the molecule is COC(=O)Cc1c(F)cncc1Cl. The highest BCUT2D eigenvalue weighted by Crippen LogP contribution is 2.17. The Kier molecular flexibility index (Phi) is 3.19. The zero-order valence-corrected chi connectivity index (χ0v) is 7.64. The second kappa shape index (κ2) is 4.18. The molecule has 0 spiro atoms. The molecule has 0 amide bonds. The molecule has 0 fully saturated rings. The summed E-state index contributed by atoms with van der Waals surface area (Å²) >= 11 is 5.62. The molecule has 0 radical (unpaired) electrons. The van der Waals surface area contributed by atoms with Crippen LogP contribution in [0, 0.1) is 5.82 Å². The first-order valence-electron chi connectivity index (χ1n) is 3.50. The van der Waals surface area contributed by atoms with Gasteiger partial charge in [-0.25, -0.2) is 4.39 Å². The summed E-state index contributed by atoms with van der Waals surface area (Å²) in [5.74, 6) is -1.13.